The van der Waals surface area contributed by atoms with Crippen LogP contribution in [0.1, 0.15) is 31.1 Å². The molecule has 0 aliphatic rings. The maximum Gasteiger partial charge on any atom is 0.339 e. The molecule has 9 heteroatoms. The molecule has 0 aliphatic carbocycles. The molecule has 0 heterocycles. The van der Waals surface area contributed by atoms with Crippen LogP contribution in [0.2, 0.25) is 0 Å². The Morgan fingerprint density at radius 2 is 0.633 bits per heavy atom. The summed E-state index contributed by atoms with van der Waals surface area (Å²) >= 11 is 0. The molecular formula is C21H18O9. The molecule has 3 aromatic carbocycles. The molecule has 0 amide bonds. The molecule has 156 valence electrons. The second-order valence-corrected chi connectivity index (χ2v) is 5.47. The van der Waals surface area contributed by atoms with Crippen molar-refractivity contribution < 1.29 is 45.0 Å². The molecule has 0 saturated carbocycles. The summed E-state index contributed by atoms with van der Waals surface area (Å²) in [5.41, 5.74) is -0.201. The lowest BCUT2D eigenvalue weighted by molar-refractivity contribution is 0.0682. The standard InChI is InChI=1S/3C7H6O3/c3*8-6-4-2-1-3-5(6)7(9)10/h3*1-4,8H,(H,9,10). The van der Waals surface area contributed by atoms with Gasteiger partial charge in [-0.1, -0.05) is 36.4 Å². The number of benzene rings is 3. The van der Waals surface area contributed by atoms with E-state index in [1.54, 1.807) is 36.4 Å². The van der Waals surface area contributed by atoms with Crippen LogP contribution in [0, 0.1) is 0 Å². The topological polar surface area (TPSA) is 173 Å². The number of carbonyl (C=O) groups is 3. The lowest BCUT2D eigenvalue weighted by Crippen LogP contribution is -1.95. The van der Waals surface area contributed by atoms with Gasteiger partial charge in [0.2, 0.25) is 0 Å². The minimum Gasteiger partial charge on any atom is -0.507 e. The van der Waals surface area contributed by atoms with Gasteiger partial charge in [0.15, 0.2) is 0 Å². The fourth-order valence-electron chi connectivity index (χ4n) is 1.96. The Hall–Kier alpha value is -4.53. The summed E-state index contributed by atoms with van der Waals surface area (Å²) < 4.78 is 0. The number of carboxylic acid groups (broad SMARTS) is 3. The van der Waals surface area contributed by atoms with Crippen molar-refractivity contribution in [3.63, 3.8) is 0 Å². The van der Waals surface area contributed by atoms with E-state index in [1.165, 1.54) is 36.4 Å². The Morgan fingerprint density at radius 3 is 0.767 bits per heavy atom. The first kappa shape index (κ1) is 23.5. The van der Waals surface area contributed by atoms with Gasteiger partial charge in [0.25, 0.3) is 0 Å². The maximum absolute atomic E-state index is 10.3. The first-order valence-electron chi connectivity index (χ1n) is 8.19. The number of aromatic hydroxyl groups is 3. The van der Waals surface area contributed by atoms with Crippen LogP contribution in [-0.4, -0.2) is 48.5 Å². The summed E-state index contributed by atoms with van der Waals surface area (Å²) in [5.74, 6) is -3.94. The third-order valence-electron chi connectivity index (χ3n) is 3.40. The molecule has 9 nitrogen and oxygen atoms in total. The van der Waals surface area contributed by atoms with Gasteiger partial charge in [0.1, 0.15) is 33.9 Å². The van der Waals surface area contributed by atoms with Gasteiger partial charge in [-0.25, -0.2) is 14.4 Å². The van der Waals surface area contributed by atoms with Gasteiger partial charge < -0.3 is 30.6 Å². The van der Waals surface area contributed by atoms with Crippen LogP contribution in [0.5, 0.6) is 17.2 Å². The van der Waals surface area contributed by atoms with Crippen molar-refractivity contribution in [3.8, 4) is 17.2 Å². The van der Waals surface area contributed by atoms with Crippen molar-refractivity contribution in [2.45, 2.75) is 0 Å². The largest absolute Gasteiger partial charge is 0.507 e. The minimum atomic E-state index is -1.11. The number of para-hydroxylation sites is 3. The number of hydrogen-bond donors (Lipinski definition) is 6. The Morgan fingerprint density at radius 1 is 0.433 bits per heavy atom. The van der Waals surface area contributed by atoms with E-state index in [0.717, 1.165) is 0 Å². The van der Waals surface area contributed by atoms with Gasteiger partial charge in [-0.05, 0) is 36.4 Å². The molecule has 0 unspecified atom stereocenters. The summed E-state index contributed by atoms with van der Waals surface area (Å²) in [6.07, 6.45) is 0. The van der Waals surface area contributed by atoms with Crippen LogP contribution < -0.4 is 0 Å². The molecule has 0 aliphatic heterocycles. The zero-order valence-electron chi connectivity index (χ0n) is 15.3. The highest BCUT2D eigenvalue weighted by Gasteiger charge is 2.07. The van der Waals surface area contributed by atoms with Gasteiger partial charge in [-0.15, -0.1) is 0 Å². The van der Waals surface area contributed by atoms with E-state index in [0.29, 0.717) is 0 Å². The van der Waals surface area contributed by atoms with Gasteiger partial charge in [-0.2, -0.15) is 0 Å². The minimum absolute atomic E-state index is 0.0671. The third-order valence-corrected chi connectivity index (χ3v) is 3.40. The Labute approximate surface area is 170 Å². The van der Waals surface area contributed by atoms with Gasteiger partial charge in [0.05, 0.1) is 0 Å². The van der Waals surface area contributed by atoms with Crippen LogP contribution in [0.25, 0.3) is 0 Å². The summed E-state index contributed by atoms with van der Waals surface area (Å²) in [4.78, 5) is 30.8. The first-order chi connectivity index (χ1) is 14.1. The SMILES string of the molecule is O=C(O)c1ccccc1O.O=C(O)c1ccccc1O.O=C(O)c1ccccc1O. The van der Waals surface area contributed by atoms with Crippen LogP contribution in [-0.2, 0) is 0 Å². The van der Waals surface area contributed by atoms with Crippen molar-refractivity contribution >= 4 is 17.9 Å². The van der Waals surface area contributed by atoms with E-state index in [9.17, 15) is 14.4 Å². The number of carboxylic acids is 3. The van der Waals surface area contributed by atoms with E-state index in [-0.39, 0.29) is 33.9 Å². The van der Waals surface area contributed by atoms with E-state index < -0.39 is 17.9 Å². The highest BCUT2D eigenvalue weighted by atomic mass is 16.4. The van der Waals surface area contributed by atoms with Gasteiger partial charge in [0, 0.05) is 0 Å². The highest BCUT2D eigenvalue weighted by molar-refractivity contribution is 5.91. The van der Waals surface area contributed by atoms with Crippen LogP contribution in [0.4, 0.5) is 0 Å². The van der Waals surface area contributed by atoms with Crippen molar-refractivity contribution in [2.75, 3.05) is 0 Å². The zero-order chi connectivity index (χ0) is 22.7. The van der Waals surface area contributed by atoms with Crippen molar-refractivity contribution in [3.05, 3.63) is 89.5 Å². The smallest absolute Gasteiger partial charge is 0.339 e. The average Bonchev–Trinajstić information content (AvgIpc) is 2.69. The normalized spacial score (nSPS) is 9.20. The molecule has 0 bridgehead atoms. The molecule has 0 spiro atoms. The van der Waals surface area contributed by atoms with Crippen LogP contribution in [0.15, 0.2) is 72.8 Å². The molecule has 6 N–H and O–H groups in total. The van der Waals surface area contributed by atoms with E-state index in [2.05, 4.69) is 0 Å². The second kappa shape index (κ2) is 11.3. The maximum atomic E-state index is 10.3. The molecule has 0 aromatic heterocycles. The van der Waals surface area contributed by atoms with E-state index >= 15 is 0 Å². The van der Waals surface area contributed by atoms with Crippen molar-refractivity contribution in [1.29, 1.82) is 0 Å². The van der Waals surface area contributed by atoms with Gasteiger partial charge >= 0.3 is 17.9 Å². The van der Waals surface area contributed by atoms with E-state index in [4.69, 9.17) is 30.6 Å². The summed E-state index contributed by atoms with van der Waals surface area (Å²) in [6.45, 7) is 0. The fourth-order valence-corrected chi connectivity index (χ4v) is 1.96. The zero-order valence-corrected chi connectivity index (χ0v) is 15.3. The monoisotopic (exact) mass is 414 g/mol. The summed E-state index contributed by atoms with van der Waals surface area (Å²) in [6, 6.07) is 17.4. The highest BCUT2D eigenvalue weighted by Crippen LogP contribution is 2.15. The van der Waals surface area contributed by atoms with Crippen LogP contribution >= 0.6 is 0 Å². The summed E-state index contributed by atoms with van der Waals surface area (Å²) in [7, 11) is 0. The lowest BCUT2D eigenvalue weighted by Gasteiger charge is -1.95. The van der Waals surface area contributed by atoms with Crippen molar-refractivity contribution in [2.24, 2.45) is 0 Å². The molecule has 0 fully saturated rings. The molecule has 3 rings (SSSR count). The van der Waals surface area contributed by atoms with E-state index in [1.807, 2.05) is 0 Å². The summed E-state index contributed by atoms with van der Waals surface area (Å²) in [5, 5.41) is 51.9. The molecular weight excluding hydrogens is 396 g/mol. The first-order valence-corrected chi connectivity index (χ1v) is 8.19. The predicted molar refractivity (Wildman–Crippen MR) is 105 cm³/mol. The average molecular weight is 414 g/mol. The number of hydrogen-bond acceptors (Lipinski definition) is 6. The molecule has 0 saturated heterocycles. The molecule has 30 heavy (non-hydrogen) atoms. The Bertz CT molecular complexity index is 896. The number of aromatic carboxylic acids is 3. The van der Waals surface area contributed by atoms with Gasteiger partial charge in [-0.3, -0.25) is 0 Å². The van der Waals surface area contributed by atoms with Crippen molar-refractivity contribution in [1.82, 2.24) is 0 Å². The quantitative estimate of drug-likeness (QED) is 0.376. The molecule has 0 atom stereocenters. The molecule has 0 radical (unpaired) electrons. The number of phenols is 3. The Balaban J connectivity index is 0.000000225. The predicted octanol–water partition coefficient (Wildman–Crippen LogP) is 3.27. The second-order valence-electron chi connectivity index (χ2n) is 5.47. The fraction of sp³-hybridized carbons (Fsp3) is 0. The third kappa shape index (κ3) is 7.24. The lowest BCUT2D eigenvalue weighted by atomic mass is 10.2. The number of rotatable bonds is 3. The van der Waals surface area contributed by atoms with Crippen LogP contribution in [0.3, 0.4) is 0 Å². The Kier molecular flexibility index (Phi) is 8.89. The molecule has 3 aromatic rings.